The molecule has 1 aromatic carbocycles. The summed E-state index contributed by atoms with van der Waals surface area (Å²) in [5.74, 6) is -0.0000638. The van der Waals surface area contributed by atoms with Crippen LogP contribution in [0.1, 0.15) is 16.1 Å². The number of amides is 1. The molecule has 0 aliphatic heterocycles. The summed E-state index contributed by atoms with van der Waals surface area (Å²) in [5, 5.41) is 7.36. The summed E-state index contributed by atoms with van der Waals surface area (Å²) in [4.78, 5) is 14.1. The number of benzene rings is 1. The maximum atomic E-state index is 12.4. The molecule has 0 saturated heterocycles. The van der Waals surface area contributed by atoms with Crippen LogP contribution in [0, 0.1) is 6.92 Å². The number of hydrogen-bond acceptors (Lipinski definition) is 3. The van der Waals surface area contributed by atoms with E-state index in [-0.39, 0.29) is 5.91 Å². The molecule has 2 aromatic rings. The van der Waals surface area contributed by atoms with Crippen LogP contribution in [0.15, 0.2) is 36.5 Å². The van der Waals surface area contributed by atoms with Gasteiger partial charge in [0.25, 0.3) is 5.91 Å². The Hall–Kier alpha value is -2.14. The maximum Gasteiger partial charge on any atom is 0.257 e. The molecular formula is C15H20N4O. The van der Waals surface area contributed by atoms with Crippen molar-refractivity contribution < 1.29 is 4.79 Å². The van der Waals surface area contributed by atoms with Crippen molar-refractivity contribution in [2.45, 2.75) is 6.92 Å². The zero-order valence-electron chi connectivity index (χ0n) is 12.1. The van der Waals surface area contributed by atoms with Crippen molar-refractivity contribution in [3.63, 3.8) is 0 Å². The van der Waals surface area contributed by atoms with Crippen molar-refractivity contribution in [3.05, 3.63) is 47.8 Å². The molecule has 2 rings (SSSR count). The summed E-state index contributed by atoms with van der Waals surface area (Å²) >= 11 is 0. The fraction of sp³-hybridized carbons (Fsp3) is 0.333. The lowest BCUT2D eigenvalue weighted by Crippen LogP contribution is -2.33. The Morgan fingerprint density at radius 3 is 2.70 bits per heavy atom. The second kappa shape index (κ2) is 6.34. The number of carbonyl (C=O) groups excluding carboxylic acids is 1. The molecule has 5 nitrogen and oxygen atoms in total. The monoisotopic (exact) mass is 272 g/mol. The largest absolute Gasteiger partial charge is 0.340 e. The number of carbonyl (C=O) groups is 1. The number of likely N-dealkylation sites (N-methyl/N-ethyl adjacent to an activating group) is 2. The van der Waals surface area contributed by atoms with Crippen LogP contribution < -0.4 is 5.32 Å². The van der Waals surface area contributed by atoms with Crippen LogP contribution in [0.2, 0.25) is 0 Å². The molecule has 0 fully saturated rings. The van der Waals surface area contributed by atoms with Crippen molar-refractivity contribution >= 4 is 5.91 Å². The SMILES string of the molecule is CNCCN(C)C(=O)c1cnn(-c2ccccc2)c1C. The number of rotatable bonds is 5. The van der Waals surface area contributed by atoms with Gasteiger partial charge in [0.2, 0.25) is 0 Å². The molecule has 0 atom stereocenters. The Balaban J connectivity index is 2.23. The fourth-order valence-corrected chi connectivity index (χ4v) is 2.04. The second-order valence-corrected chi connectivity index (χ2v) is 4.72. The van der Waals surface area contributed by atoms with Gasteiger partial charge in [0.1, 0.15) is 0 Å². The highest BCUT2D eigenvalue weighted by Gasteiger charge is 2.18. The summed E-state index contributed by atoms with van der Waals surface area (Å²) in [6.07, 6.45) is 1.64. The van der Waals surface area contributed by atoms with E-state index in [0.29, 0.717) is 12.1 Å². The molecule has 20 heavy (non-hydrogen) atoms. The van der Waals surface area contributed by atoms with E-state index < -0.39 is 0 Å². The van der Waals surface area contributed by atoms with Gasteiger partial charge in [-0.1, -0.05) is 18.2 Å². The van der Waals surface area contributed by atoms with Crippen molar-refractivity contribution in [2.75, 3.05) is 27.2 Å². The van der Waals surface area contributed by atoms with Gasteiger partial charge in [-0.2, -0.15) is 5.10 Å². The minimum Gasteiger partial charge on any atom is -0.340 e. The van der Waals surface area contributed by atoms with Crippen LogP contribution in [-0.4, -0.2) is 47.8 Å². The Kier molecular flexibility index (Phi) is 4.53. The molecule has 106 valence electrons. The summed E-state index contributed by atoms with van der Waals surface area (Å²) in [5.41, 5.74) is 2.46. The topological polar surface area (TPSA) is 50.2 Å². The van der Waals surface area contributed by atoms with Crippen molar-refractivity contribution in [2.24, 2.45) is 0 Å². The Morgan fingerprint density at radius 1 is 1.35 bits per heavy atom. The van der Waals surface area contributed by atoms with E-state index in [1.165, 1.54) is 0 Å². The van der Waals surface area contributed by atoms with Crippen LogP contribution in [0.4, 0.5) is 0 Å². The van der Waals surface area contributed by atoms with E-state index in [9.17, 15) is 4.79 Å². The average Bonchev–Trinajstić information content (AvgIpc) is 2.86. The van der Waals surface area contributed by atoms with Gasteiger partial charge in [0.15, 0.2) is 0 Å². The minimum absolute atomic E-state index is 0.0000638. The maximum absolute atomic E-state index is 12.4. The van der Waals surface area contributed by atoms with Crippen LogP contribution in [-0.2, 0) is 0 Å². The third kappa shape index (κ3) is 2.88. The molecule has 5 heteroatoms. The van der Waals surface area contributed by atoms with Gasteiger partial charge in [-0.15, -0.1) is 0 Å². The normalized spacial score (nSPS) is 10.6. The number of nitrogens with one attached hydrogen (secondary N) is 1. The predicted octanol–water partition coefficient (Wildman–Crippen LogP) is 1.47. The van der Waals surface area contributed by atoms with Gasteiger partial charge in [-0.3, -0.25) is 4.79 Å². The first-order chi connectivity index (χ1) is 9.65. The molecule has 1 heterocycles. The Bertz CT molecular complexity index is 577. The summed E-state index contributed by atoms with van der Waals surface area (Å²) in [6.45, 7) is 3.36. The van der Waals surface area contributed by atoms with Gasteiger partial charge >= 0.3 is 0 Å². The first-order valence-corrected chi connectivity index (χ1v) is 6.65. The molecular weight excluding hydrogens is 252 g/mol. The van der Waals surface area contributed by atoms with E-state index in [1.807, 2.05) is 44.3 Å². The van der Waals surface area contributed by atoms with Crippen molar-refractivity contribution in [1.29, 1.82) is 0 Å². The van der Waals surface area contributed by atoms with Gasteiger partial charge in [-0.25, -0.2) is 4.68 Å². The molecule has 0 unspecified atom stereocenters. The zero-order chi connectivity index (χ0) is 14.5. The van der Waals surface area contributed by atoms with Crippen molar-refractivity contribution in [3.8, 4) is 5.69 Å². The predicted molar refractivity (Wildman–Crippen MR) is 79.2 cm³/mol. The molecule has 1 aromatic heterocycles. The lowest BCUT2D eigenvalue weighted by Gasteiger charge is -2.16. The van der Waals surface area contributed by atoms with Gasteiger partial charge < -0.3 is 10.2 Å². The number of nitrogens with zero attached hydrogens (tertiary/aromatic N) is 3. The minimum atomic E-state index is -0.0000638. The smallest absolute Gasteiger partial charge is 0.257 e. The highest BCUT2D eigenvalue weighted by molar-refractivity contribution is 5.95. The zero-order valence-corrected chi connectivity index (χ0v) is 12.1. The summed E-state index contributed by atoms with van der Waals surface area (Å²) < 4.78 is 1.79. The Morgan fingerprint density at radius 2 is 2.05 bits per heavy atom. The fourth-order valence-electron chi connectivity index (χ4n) is 2.04. The summed E-state index contributed by atoms with van der Waals surface area (Å²) in [7, 11) is 3.68. The van der Waals surface area contributed by atoms with E-state index in [0.717, 1.165) is 17.9 Å². The highest BCUT2D eigenvalue weighted by atomic mass is 16.2. The van der Waals surface area contributed by atoms with E-state index in [1.54, 1.807) is 22.8 Å². The Labute approximate surface area is 119 Å². The number of para-hydroxylation sites is 1. The molecule has 0 bridgehead atoms. The molecule has 0 aliphatic rings. The summed E-state index contributed by atoms with van der Waals surface area (Å²) in [6, 6.07) is 9.81. The van der Waals surface area contributed by atoms with Crippen LogP contribution >= 0.6 is 0 Å². The molecule has 0 radical (unpaired) electrons. The lowest BCUT2D eigenvalue weighted by atomic mass is 10.2. The van der Waals surface area contributed by atoms with E-state index in [4.69, 9.17) is 0 Å². The van der Waals surface area contributed by atoms with Gasteiger partial charge in [0, 0.05) is 20.1 Å². The first-order valence-electron chi connectivity index (χ1n) is 6.65. The van der Waals surface area contributed by atoms with Gasteiger partial charge in [-0.05, 0) is 26.1 Å². The quantitative estimate of drug-likeness (QED) is 0.897. The highest BCUT2D eigenvalue weighted by Crippen LogP contribution is 2.15. The number of aromatic nitrogens is 2. The number of hydrogen-bond donors (Lipinski definition) is 1. The third-order valence-electron chi connectivity index (χ3n) is 3.28. The molecule has 0 spiro atoms. The lowest BCUT2D eigenvalue weighted by molar-refractivity contribution is 0.0796. The van der Waals surface area contributed by atoms with Gasteiger partial charge in [0.05, 0.1) is 23.1 Å². The van der Waals surface area contributed by atoms with E-state index >= 15 is 0 Å². The molecule has 1 N–H and O–H groups in total. The van der Waals surface area contributed by atoms with E-state index in [2.05, 4.69) is 10.4 Å². The standard InChI is InChI=1S/C15H20N4O/c1-12-14(15(20)18(3)10-9-16-2)11-17-19(12)13-7-5-4-6-8-13/h4-8,11,16H,9-10H2,1-3H3. The van der Waals surface area contributed by atoms with Crippen molar-refractivity contribution in [1.82, 2.24) is 20.0 Å². The molecule has 1 amide bonds. The first kappa shape index (κ1) is 14.3. The molecule has 0 saturated carbocycles. The van der Waals surface area contributed by atoms with Crippen LogP contribution in [0.5, 0.6) is 0 Å². The van der Waals surface area contributed by atoms with Crippen LogP contribution in [0.25, 0.3) is 5.69 Å². The van der Waals surface area contributed by atoms with Crippen LogP contribution in [0.3, 0.4) is 0 Å². The molecule has 0 aliphatic carbocycles. The average molecular weight is 272 g/mol. The second-order valence-electron chi connectivity index (χ2n) is 4.72. The third-order valence-corrected chi connectivity index (χ3v) is 3.28.